The Morgan fingerprint density at radius 1 is 1.25 bits per heavy atom. The molecule has 0 bridgehead atoms. The molecule has 0 spiro atoms. The van der Waals surface area contributed by atoms with Gasteiger partial charge in [0.15, 0.2) is 11.5 Å². The van der Waals surface area contributed by atoms with Crippen LogP contribution >= 0.6 is 39.1 Å². The molecule has 12 heteroatoms. The first-order chi connectivity index (χ1) is 13.0. The van der Waals surface area contributed by atoms with Crippen LogP contribution in [0, 0.1) is 0 Å². The van der Waals surface area contributed by atoms with Gasteiger partial charge in [-0.3, -0.25) is 14.2 Å². The van der Waals surface area contributed by atoms with E-state index in [2.05, 4.69) is 31.4 Å². The minimum atomic E-state index is -4.61. The Morgan fingerprint density at radius 2 is 1.96 bits per heavy atom. The number of carbonyl (C=O) groups is 1. The molecular weight excluding hydrogens is 486 g/mol. The van der Waals surface area contributed by atoms with Crippen molar-refractivity contribution in [2.75, 3.05) is 5.32 Å². The molecule has 1 N–H and O–H groups in total. The number of rotatable bonds is 4. The predicted molar refractivity (Wildman–Crippen MR) is 102 cm³/mol. The van der Waals surface area contributed by atoms with Gasteiger partial charge in [0.1, 0.15) is 5.69 Å². The number of hydrogen-bond acceptors (Lipinski definition) is 3. The molecule has 0 fully saturated rings. The minimum Gasteiger partial charge on any atom is -0.303 e. The Labute approximate surface area is 175 Å². The van der Waals surface area contributed by atoms with Crippen LogP contribution in [0.15, 0.2) is 34.9 Å². The van der Waals surface area contributed by atoms with Gasteiger partial charge in [-0.1, -0.05) is 29.3 Å². The van der Waals surface area contributed by atoms with Gasteiger partial charge in [-0.15, -0.1) is 0 Å². The number of halogens is 6. The van der Waals surface area contributed by atoms with Gasteiger partial charge in [0.25, 0.3) is 5.91 Å². The van der Waals surface area contributed by atoms with Crippen molar-refractivity contribution in [3.05, 3.63) is 61.9 Å². The van der Waals surface area contributed by atoms with E-state index < -0.39 is 17.8 Å². The molecule has 148 valence electrons. The molecule has 0 unspecified atom stereocenters. The summed E-state index contributed by atoms with van der Waals surface area (Å²) in [5, 5.41) is 11.2. The van der Waals surface area contributed by atoms with E-state index in [4.69, 9.17) is 23.2 Å². The number of aromatic nitrogens is 4. The molecule has 1 amide bonds. The number of alkyl halides is 3. The van der Waals surface area contributed by atoms with Crippen LogP contribution in [-0.2, 0) is 19.8 Å². The fourth-order valence-corrected chi connectivity index (χ4v) is 3.29. The molecule has 3 rings (SSSR count). The summed E-state index contributed by atoms with van der Waals surface area (Å²) in [6.45, 7) is 0.298. The summed E-state index contributed by atoms with van der Waals surface area (Å²) in [4.78, 5) is 12.3. The smallest absolute Gasteiger partial charge is 0.303 e. The first-order valence-electron chi connectivity index (χ1n) is 7.64. The lowest BCUT2D eigenvalue weighted by Gasteiger charge is -2.05. The van der Waals surface area contributed by atoms with Crippen LogP contribution in [0.2, 0.25) is 10.0 Å². The number of nitrogens with one attached hydrogen (secondary N) is 1. The zero-order chi connectivity index (χ0) is 20.6. The molecule has 0 saturated carbocycles. The fourth-order valence-electron chi connectivity index (χ4n) is 2.40. The van der Waals surface area contributed by atoms with E-state index in [0.717, 1.165) is 12.6 Å². The molecule has 3 aromatic rings. The van der Waals surface area contributed by atoms with Crippen molar-refractivity contribution in [3.63, 3.8) is 0 Å². The van der Waals surface area contributed by atoms with E-state index in [1.165, 1.54) is 4.68 Å². The summed E-state index contributed by atoms with van der Waals surface area (Å²) in [7, 11) is 1.11. The first-order valence-corrected chi connectivity index (χ1v) is 9.19. The summed E-state index contributed by atoms with van der Waals surface area (Å²) >= 11 is 15.3. The number of benzene rings is 1. The SMILES string of the molecule is Cn1nc(C(=O)Nc2nn(Cc3ccc(Cl)cc3Cl)cc2Br)cc1C(F)(F)F. The van der Waals surface area contributed by atoms with Gasteiger partial charge < -0.3 is 5.32 Å². The monoisotopic (exact) mass is 495 g/mol. The number of carbonyl (C=O) groups excluding carboxylic acids is 1. The highest BCUT2D eigenvalue weighted by Gasteiger charge is 2.35. The third-order valence-electron chi connectivity index (χ3n) is 3.70. The summed E-state index contributed by atoms with van der Waals surface area (Å²) in [6.07, 6.45) is -3.01. The van der Waals surface area contributed by atoms with Gasteiger partial charge >= 0.3 is 6.18 Å². The molecule has 6 nitrogen and oxygen atoms in total. The van der Waals surface area contributed by atoms with Gasteiger partial charge in [0, 0.05) is 29.4 Å². The summed E-state index contributed by atoms with van der Waals surface area (Å²) in [6, 6.07) is 5.70. The van der Waals surface area contributed by atoms with E-state index in [1.54, 1.807) is 24.4 Å². The van der Waals surface area contributed by atoms with Gasteiger partial charge in [-0.05, 0) is 33.6 Å². The maximum Gasteiger partial charge on any atom is 0.433 e. The van der Waals surface area contributed by atoms with Crippen LogP contribution in [0.4, 0.5) is 19.0 Å². The molecule has 0 aliphatic carbocycles. The van der Waals surface area contributed by atoms with Crippen LogP contribution in [-0.4, -0.2) is 25.5 Å². The van der Waals surface area contributed by atoms with Crippen LogP contribution in [0.25, 0.3) is 0 Å². The largest absolute Gasteiger partial charge is 0.433 e. The molecule has 1 aromatic carbocycles. The highest BCUT2D eigenvalue weighted by Crippen LogP contribution is 2.30. The van der Waals surface area contributed by atoms with E-state index in [0.29, 0.717) is 31.8 Å². The van der Waals surface area contributed by atoms with E-state index in [-0.39, 0.29) is 11.5 Å². The zero-order valence-corrected chi connectivity index (χ0v) is 17.2. The lowest BCUT2D eigenvalue weighted by Crippen LogP contribution is -2.14. The highest BCUT2D eigenvalue weighted by atomic mass is 79.9. The van der Waals surface area contributed by atoms with Gasteiger partial charge in [0.05, 0.1) is 11.0 Å². The van der Waals surface area contributed by atoms with Crippen molar-refractivity contribution in [1.29, 1.82) is 0 Å². The van der Waals surface area contributed by atoms with Crippen molar-refractivity contribution < 1.29 is 18.0 Å². The lowest BCUT2D eigenvalue weighted by molar-refractivity contribution is -0.143. The summed E-state index contributed by atoms with van der Waals surface area (Å²) in [5.74, 6) is -0.684. The Hall–Kier alpha value is -2.04. The normalized spacial score (nSPS) is 11.7. The third kappa shape index (κ3) is 4.50. The van der Waals surface area contributed by atoms with E-state index in [1.807, 2.05) is 0 Å². The maximum absolute atomic E-state index is 12.8. The molecule has 28 heavy (non-hydrogen) atoms. The predicted octanol–water partition coefficient (Wildman–Crippen LogP) is 5.01. The van der Waals surface area contributed by atoms with Crippen LogP contribution in [0.1, 0.15) is 21.7 Å². The third-order valence-corrected chi connectivity index (χ3v) is 4.87. The van der Waals surface area contributed by atoms with Gasteiger partial charge in [-0.25, -0.2) is 0 Å². The Bertz CT molecular complexity index is 1050. The van der Waals surface area contributed by atoms with Crippen LogP contribution < -0.4 is 5.32 Å². The van der Waals surface area contributed by atoms with Crippen molar-refractivity contribution >= 4 is 50.9 Å². The highest BCUT2D eigenvalue weighted by molar-refractivity contribution is 9.10. The topological polar surface area (TPSA) is 64.7 Å². The number of nitrogens with zero attached hydrogens (tertiary/aromatic N) is 4. The number of anilines is 1. The Morgan fingerprint density at radius 3 is 2.57 bits per heavy atom. The number of amides is 1. The van der Waals surface area contributed by atoms with Gasteiger partial charge in [0.2, 0.25) is 0 Å². The molecule has 0 aliphatic rings. The standard InChI is InChI=1S/C16H11BrCl2F3N5O/c1-26-13(16(20,21)22)5-12(24-26)15(28)23-14-10(17)7-27(25-14)6-8-2-3-9(18)4-11(8)19/h2-5,7H,6H2,1H3,(H,23,25,28). The molecule has 0 saturated heterocycles. The quantitative estimate of drug-likeness (QED) is 0.552. The van der Waals surface area contributed by atoms with E-state index in [9.17, 15) is 18.0 Å². The lowest BCUT2D eigenvalue weighted by atomic mass is 10.2. The maximum atomic E-state index is 12.8. The molecule has 2 aromatic heterocycles. The van der Waals surface area contributed by atoms with Crippen molar-refractivity contribution in [1.82, 2.24) is 19.6 Å². The molecule has 0 atom stereocenters. The minimum absolute atomic E-state index is 0.134. The van der Waals surface area contributed by atoms with Crippen LogP contribution in [0.3, 0.4) is 0 Å². The molecule has 0 aliphatic heterocycles. The second-order valence-corrected chi connectivity index (χ2v) is 7.45. The average molecular weight is 497 g/mol. The van der Waals surface area contributed by atoms with Gasteiger partial charge in [-0.2, -0.15) is 23.4 Å². The average Bonchev–Trinajstić information content (AvgIpc) is 3.13. The van der Waals surface area contributed by atoms with Crippen LogP contribution in [0.5, 0.6) is 0 Å². The fraction of sp³-hybridized carbons (Fsp3) is 0.188. The Balaban J connectivity index is 1.77. The second kappa shape index (κ2) is 7.76. The van der Waals surface area contributed by atoms with E-state index >= 15 is 0 Å². The number of aryl methyl sites for hydroxylation is 1. The molecule has 0 radical (unpaired) electrons. The summed E-state index contributed by atoms with van der Waals surface area (Å²) < 4.78 is 41.1. The first kappa shape index (κ1) is 20.7. The molecule has 2 heterocycles. The van der Waals surface area contributed by atoms with Crippen molar-refractivity contribution in [2.45, 2.75) is 12.7 Å². The Kier molecular flexibility index (Phi) is 5.74. The number of hydrogen-bond donors (Lipinski definition) is 1. The van der Waals surface area contributed by atoms with Crippen molar-refractivity contribution in [3.8, 4) is 0 Å². The second-order valence-electron chi connectivity index (χ2n) is 5.75. The summed E-state index contributed by atoms with van der Waals surface area (Å²) in [5.41, 5.74) is -0.657. The zero-order valence-electron chi connectivity index (χ0n) is 14.1. The molecular formula is C16H11BrCl2F3N5O. The van der Waals surface area contributed by atoms with Crippen molar-refractivity contribution in [2.24, 2.45) is 7.05 Å².